The number of likely N-dealkylation sites (N-methyl/N-ethyl adjacent to an activating group) is 1. The first-order valence-corrected chi connectivity index (χ1v) is 8.88. The zero-order chi connectivity index (χ0) is 17.7. The summed E-state index contributed by atoms with van der Waals surface area (Å²) in [5.41, 5.74) is 0.968. The molecule has 2 N–H and O–H groups in total. The van der Waals surface area contributed by atoms with Crippen molar-refractivity contribution < 1.29 is 9.59 Å². The Hall–Kier alpha value is -1.99. The number of nitrogens with zero attached hydrogens (tertiary/aromatic N) is 2. The molecule has 0 saturated heterocycles. The maximum atomic E-state index is 12.0. The zero-order valence-electron chi connectivity index (χ0n) is 14.5. The number of urea groups is 1. The van der Waals surface area contributed by atoms with Crippen LogP contribution in [0.2, 0.25) is 0 Å². The van der Waals surface area contributed by atoms with Crippen molar-refractivity contribution in [2.24, 2.45) is 0 Å². The lowest BCUT2D eigenvalue weighted by molar-refractivity contribution is -0.121. The highest BCUT2D eigenvalue weighted by atomic mass is 32.1. The molecule has 24 heavy (non-hydrogen) atoms. The molecule has 2 aromatic rings. The minimum Gasteiger partial charge on any atom is -0.335 e. The summed E-state index contributed by atoms with van der Waals surface area (Å²) in [5, 5.41) is 6.03. The quantitative estimate of drug-likeness (QED) is 0.842. The smallest absolute Gasteiger partial charge is 0.321 e. The van der Waals surface area contributed by atoms with E-state index in [2.05, 4.69) is 15.6 Å². The van der Waals surface area contributed by atoms with E-state index in [0.717, 1.165) is 21.6 Å². The standard InChI is InChI=1S/C17H24N4O2S/c1-5-11(2)18-17(23)20-15(22)10-21(4)12(3)16-19-13-8-6-7-9-14(13)24-16/h6-9,11-12H,5,10H2,1-4H3,(H2,18,20,22,23)/t11-,12-/m0/s1. The average Bonchev–Trinajstić information content (AvgIpc) is 2.97. The summed E-state index contributed by atoms with van der Waals surface area (Å²) in [5.74, 6) is -0.328. The largest absolute Gasteiger partial charge is 0.335 e. The molecule has 1 heterocycles. The number of carbonyl (C=O) groups excluding carboxylic acids is 2. The van der Waals surface area contributed by atoms with Crippen LogP contribution in [0.15, 0.2) is 24.3 Å². The van der Waals surface area contributed by atoms with Gasteiger partial charge in [-0.25, -0.2) is 9.78 Å². The van der Waals surface area contributed by atoms with E-state index in [1.54, 1.807) is 11.3 Å². The Morgan fingerprint density at radius 1 is 1.29 bits per heavy atom. The van der Waals surface area contributed by atoms with Gasteiger partial charge in [-0.3, -0.25) is 15.0 Å². The van der Waals surface area contributed by atoms with Crippen LogP contribution in [0.3, 0.4) is 0 Å². The van der Waals surface area contributed by atoms with Gasteiger partial charge in [-0.2, -0.15) is 0 Å². The summed E-state index contributed by atoms with van der Waals surface area (Å²) in [6.45, 7) is 6.00. The number of benzene rings is 1. The highest BCUT2D eigenvalue weighted by Gasteiger charge is 2.19. The second-order valence-electron chi connectivity index (χ2n) is 5.94. The van der Waals surface area contributed by atoms with Crippen LogP contribution in [0, 0.1) is 0 Å². The molecule has 0 aliphatic heterocycles. The zero-order valence-corrected chi connectivity index (χ0v) is 15.3. The summed E-state index contributed by atoms with van der Waals surface area (Å²) in [4.78, 5) is 30.2. The van der Waals surface area contributed by atoms with Gasteiger partial charge in [0.05, 0.1) is 22.8 Å². The number of rotatable bonds is 6. The summed E-state index contributed by atoms with van der Waals surface area (Å²) >= 11 is 1.62. The van der Waals surface area contributed by atoms with E-state index in [1.165, 1.54) is 0 Å². The number of aromatic nitrogens is 1. The van der Waals surface area contributed by atoms with Crippen molar-refractivity contribution in [2.75, 3.05) is 13.6 Å². The van der Waals surface area contributed by atoms with Crippen molar-refractivity contribution in [3.63, 3.8) is 0 Å². The van der Waals surface area contributed by atoms with Crippen molar-refractivity contribution >= 4 is 33.5 Å². The van der Waals surface area contributed by atoms with Crippen molar-refractivity contribution in [3.05, 3.63) is 29.3 Å². The van der Waals surface area contributed by atoms with E-state index in [4.69, 9.17) is 0 Å². The molecule has 0 bridgehead atoms. The lowest BCUT2D eigenvalue weighted by Gasteiger charge is -2.22. The van der Waals surface area contributed by atoms with Crippen molar-refractivity contribution in [3.8, 4) is 0 Å². The summed E-state index contributed by atoms with van der Waals surface area (Å²) < 4.78 is 1.13. The second kappa shape index (κ2) is 8.21. The fraction of sp³-hybridized carbons (Fsp3) is 0.471. The third kappa shape index (κ3) is 4.75. The number of para-hydroxylation sites is 1. The van der Waals surface area contributed by atoms with Crippen molar-refractivity contribution in [1.29, 1.82) is 0 Å². The predicted octanol–water partition coefficient (Wildman–Crippen LogP) is 2.91. The van der Waals surface area contributed by atoms with Crippen LogP contribution in [0.25, 0.3) is 10.2 Å². The maximum Gasteiger partial charge on any atom is 0.321 e. The first kappa shape index (κ1) is 18.4. The molecule has 0 unspecified atom stereocenters. The Labute approximate surface area is 146 Å². The van der Waals surface area contributed by atoms with E-state index in [-0.39, 0.29) is 24.5 Å². The summed E-state index contributed by atoms with van der Waals surface area (Å²) in [6.07, 6.45) is 0.816. The van der Waals surface area contributed by atoms with Crippen LogP contribution >= 0.6 is 11.3 Å². The van der Waals surface area contributed by atoms with Crippen molar-refractivity contribution in [1.82, 2.24) is 20.5 Å². The fourth-order valence-electron chi connectivity index (χ4n) is 2.15. The van der Waals surface area contributed by atoms with Gasteiger partial charge in [-0.05, 0) is 39.4 Å². The number of hydrogen-bond donors (Lipinski definition) is 2. The predicted molar refractivity (Wildman–Crippen MR) is 97.1 cm³/mol. The molecule has 130 valence electrons. The molecular weight excluding hydrogens is 324 g/mol. The number of carbonyl (C=O) groups is 2. The fourth-order valence-corrected chi connectivity index (χ4v) is 3.23. The van der Waals surface area contributed by atoms with Crippen LogP contribution in [-0.2, 0) is 4.79 Å². The van der Waals surface area contributed by atoms with Crippen LogP contribution in [-0.4, -0.2) is 41.5 Å². The Kier molecular flexibility index (Phi) is 6.28. The Bertz CT molecular complexity index is 682. The van der Waals surface area contributed by atoms with Gasteiger partial charge in [0.15, 0.2) is 0 Å². The number of amides is 3. The van der Waals surface area contributed by atoms with Gasteiger partial charge in [0.1, 0.15) is 5.01 Å². The van der Waals surface area contributed by atoms with E-state index >= 15 is 0 Å². The third-order valence-electron chi connectivity index (χ3n) is 3.96. The lowest BCUT2D eigenvalue weighted by atomic mass is 10.3. The van der Waals surface area contributed by atoms with E-state index in [0.29, 0.717) is 0 Å². The second-order valence-corrected chi connectivity index (χ2v) is 7.00. The molecule has 7 heteroatoms. The average molecular weight is 348 g/mol. The Morgan fingerprint density at radius 2 is 2.00 bits per heavy atom. The lowest BCUT2D eigenvalue weighted by Crippen LogP contribution is -2.46. The molecule has 2 rings (SSSR count). The topological polar surface area (TPSA) is 74.3 Å². The molecule has 6 nitrogen and oxygen atoms in total. The van der Waals surface area contributed by atoms with Gasteiger partial charge in [-0.15, -0.1) is 11.3 Å². The van der Waals surface area contributed by atoms with Crippen molar-refractivity contribution in [2.45, 2.75) is 39.3 Å². The minimum atomic E-state index is -0.449. The van der Waals surface area contributed by atoms with E-state index in [9.17, 15) is 9.59 Å². The van der Waals surface area contributed by atoms with E-state index < -0.39 is 6.03 Å². The summed E-state index contributed by atoms with van der Waals surface area (Å²) in [6, 6.07) is 7.55. The normalized spacial score (nSPS) is 13.7. The molecule has 0 saturated carbocycles. The molecule has 1 aromatic heterocycles. The molecule has 3 amide bonds. The number of nitrogens with one attached hydrogen (secondary N) is 2. The van der Waals surface area contributed by atoms with Crippen LogP contribution in [0.5, 0.6) is 0 Å². The highest BCUT2D eigenvalue weighted by Crippen LogP contribution is 2.28. The van der Waals surface area contributed by atoms with Gasteiger partial charge in [-0.1, -0.05) is 19.1 Å². The van der Waals surface area contributed by atoms with Crippen LogP contribution in [0.4, 0.5) is 4.79 Å². The number of thiazole rings is 1. The minimum absolute atomic E-state index is 0.00854. The molecule has 0 aliphatic carbocycles. The molecule has 0 radical (unpaired) electrons. The molecule has 0 fully saturated rings. The SMILES string of the molecule is CC[C@H](C)NC(=O)NC(=O)CN(C)[C@@H](C)c1nc2ccccc2s1. The maximum absolute atomic E-state index is 12.0. The van der Waals surface area contributed by atoms with Crippen LogP contribution < -0.4 is 10.6 Å². The van der Waals surface area contributed by atoms with Gasteiger partial charge >= 0.3 is 6.03 Å². The Morgan fingerprint density at radius 3 is 2.67 bits per heavy atom. The van der Waals surface area contributed by atoms with E-state index in [1.807, 2.05) is 57.0 Å². The molecule has 0 spiro atoms. The highest BCUT2D eigenvalue weighted by molar-refractivity contribution is 7.18. The summed E-state index contributed by atoms with van der Waals surface area (Å²) in [7, 11) is 1.85. The third-order valence-corrected chi connectivity index (χ3v) is 5.17. The molecule has 2 atom stereocenters. The number of fused-ring (bicyclic) bond motifs is 1. The first-order chi connectivity index (χ1) is 11.4. The number of hydrogen-bond acceptors (Lipinski definition) is 5. The van der Waals surface area contributed by atoms with Crippen LogP contribution in [0.1, 0.15) is 38.2 Å². The number of imide groups is 1. The molecular formula is C17H24N4O2S. The van der Waals surface area contributed by atoms with Gasteiger partial charge in [0, 0.05) is 6.04 Å². The first-order valence-electron chi connectivity index (χ1n) is 8.06. The molecule has 0 aliphatic rings. The Balaban J connectivity index is 1.92. The van der Waals surface area contributed by atoms with Gasteiger partial charge in [0.2, 0.25) is 5.91 Å². The van der Waals surface area contributed by atoms with Gasteiger partial charge in [0.25, 0.3) is 0 Å². The monoisotopic (exact) mass is 348 g/mol. The molecule has 1 aromatic carbocycles. The van der Waals surface area contributed by atoms with Gasteiger partial charge < -0.3 is 5.32 Å².